The van der Waals surface area contributed by atoms with Gasteiger partial charge in [-0.05, 0) is 18.8 Å². The first-order valence-corrected chi connectivity index (χ1v) is 7.21. The van der Waals surface area contributed by atoms with Gasteiger partial charge in [0.15, 0.2) is 0 Å². The van der Waals surface area contributed by atoms with Crippen molar-refractivity contribution in [2.45, 2.75) is 38.1 Å². The lowest BCUT2D eigenvalue weighted by molar-refractivity contribution is 0.0338. The molecule has 2 aliphatic rings. The van der Waals surface area contributed by atoms with E-state index in [0.717, 1.165) is 38.6 Å². The van der Waals surface area contributed by atoms with Gasteiger partial charge in [-0.3, -0.25) is 9.80 Å². The van der Waals surface area contributed by atoms with Gasteiger partial charge in [0, 0.05) is 45.4 Å². The van der Waals surface area contributed by atoms with Crippen LogP contribution in [0.1, 0.15) is 32.1 Å². The minimum absolute atomic E-state index is 0.705. The fraction of sp³-hybridized carbons (Fsp3) is 1.00. The predicted molar refractivity (Wildman–Crippen MR) is 71.6 cm³/mol. The van der Waals surface area contributed by atoms with Gasteiger partial charge < -0.3 is 11.5 Å². The molecule has 17 heavy (non-hydrogen) atoms. The molecule has 0 aromatic rings. The molecule has 100 valence electrons. The van der Waals surface area contributed by atoms with E-state index in [4.69, 9.17) is 11.5 Å². The van der Waals surface area contributed by atoms with Crippen LogP contribution in [-0.2, 0) is 0 Å². The van der Waals surface area contributed by atoms with Crippen LogP contribution in [0.5, 0.6) is 0 Å². The van der Waals surface area contributed by atoms with Crippen LogP contribution in [-0.4, -0.2) is 55.2 Å². The second-order valence-corrected chi connectivity index (χ2v) is 5.55. The van der Waals surface area contributed by atoms with Crippen LogP contribution in [0.15, 0.2) is 0 Å². The van der Waals surface area contributed by atoms with Crippen LogP contribution in [0.3, 0.4) is 0 Å². The van der Waals surface area contributed by atoms with E-state index in [9.17, 15) is 0 Å². The summed E-state index contributed by atoms with van der Waals surface area (Å²) in [5, 5.41) is 0. The molecule has 0 bridgehead atoms. The van der Waals surface area contributed by atoms with Crippen molar-refractivity contribution in [3.63, 3.8) is 0 Å². The maximum absolute atomic E-state index is 5.80. The largest absolute Gasteiger partial charge is 0.329 e. The average Bonchev–Trinajstić information content (AvgIpc) is 2.40. The summed E-state index contributed by atoms with van der Waals surface area (Å²) in [5.41, 5.74) is 11.5. The molecule has 4 heteroatoms. The summed E-state index contributed by atoms with van der Waals surface area (Å²) >= 11 is 0. The van der Waals surface area contributed by atoms with Gasteiger partial charge in [-0.25, -0.2) is 0 Å². The van der Waals surface area contributed by atoms with E-state index in [1.807, 2.05) is 0 Å². The lowest BCUT2D eigenvalue weighted by Gasteiger charge is -2.45. The van der Waals surface area contributed by atoms with Crippen LogP contribution in [0.2, 0.25) is 0 Å². The second-order valence-electron chi connectivity index (χ2n) is 5.55. The Kier molecular flexibility index (Phi) is 5.22. The standard InChI is InChI=1S/C13H28N4/c14-6-7-17-9-8-16(11-15)10-13(17)12-4-2-1-3-5-12/h12-13H,1-11,14-15H2. The fourth-order valence-electron chi connectivity index (χ4n) is 3.48. The molecule has 0 radical (unpaired) electrons. The summed E-state index contributed by atoms with van der Waals surface area (Å²) in [6.07, 6.45) is 7.08. The molecular formula is C13H28N4. The maximum Gasteiger partial charge on any atom is 0.0456 e. The molecule has 4 N–H and O–H groups in total. The Bertz CT molecular complexity index is 211. The Morgan fingerprint density at radius 3 is 2.41 bits per heavy atom. The van der Waals surface area contributed by atoms with Gasteiger partial charge in [-0.2, -0.15) is 0 Å². The summed E-state index contributed by atoms with van der Waals surface area (Å²) in [6, 6.07) is 0.705. The number of hydrogen-bond donors (Lipinski definition) is 2. The molecule has 0 aromatic carbocycles. The highest BCUT2D eigenvalue weighted by molar-refractivity contribution is 4.88. The van der Waals surface area contributed by atoms with Crippen molar-refractivity contribution >= 4 is 0 Å². The van der Waals surface area contributed by atoms with Gasteiger partial charge in [0.25, 0.3) is 0 Å². The number of hydrogen-bond acceptors (Lipinski definition) is 4. The van der Waals surface area contributed by atoms with Gasteiger partial charge in [-0.1, -0.05) is 19.3 Å². The number of rotatable bonds is 4. The molecular weight excluding hydrogens is 212 g/mol. The first-order valence-electron chi connectivity index (χ1n) is 7.21. The molecule has 0 amide bonds. The van der Waals surface area contributed by atoms with Crippen molar-refractivity contribution in [3.8, 4) is 0 Å². The van der Waals surface area contributed by atoms with Crippen molar-refractivity contribution < 1.29 is 0 Å². The van der Waals surface area contributed by atoms with E-state index < -0.39 is 0 Å². The summed E-state index contributed by atoms with van der Waals surface area (Å²) in [4.78, 5) is 5.01. The Morgan fingerprint density at radius 2 is 1.76 bits per heavy atom. The first-order chi connectivity index (χ1) is 8.35. The molecule has 1 unspecified atom stereocenters. The van der Waals surface area contributed by atoms with Crippen LogP contribution >= 0.6 is 0 Å². The lowest BCUT2D eigenvalue weighted by atomic mass is 9.82. The highest BCUT2D eigenvalue weighted by Gasteiger charge is 2.32. The zero-order valence-corrected chi connectivity index (χ0v) is 11.0. The van der Waals surface area contributed by atoms with E-state index in [2.05, 4.69) is 9.80 Å². The first kappa shape index (κ1) is 13.3. The Hall–Kier alpha value is -0.160. The SMILES string of the molecule is NCCN1CCN(CN)CC1C1CCCCC1. The zero-order valence-electron chi connectivity index (χ0n) is 11.0. The third-order valence-corrected chi connectivity index (χ3v) is 4.49. The summed E-state index contributed by atoms with van der Waals surface area (Å²) < 4.78 is 0. The molecule has 1 saturated carbocycles. The lowest BCUT2D eigenvalue weighted by Crippen LogP contribution is -2.58. The van der Waals surface area contributed by atoms with E-state index in [-0.39, 0.29) is 0 Å². The van der Waals surface area contributed by atoms with Crippen molar-refractivity contribution in [1.82, 2.24) is 9.80 Å². The van der Waals surface area contributed by atoms with Crippen LogP contribution in [0.4, 0.5) is 0 Å². The van der Waals surface area contributed by atoms with Gasteiger partial charge in [0.1, 0.15) is 0 Å². The molecule has 1 aliphatic carbocycles. The Balaban J connectivity index is 1.96. The topological polar surface area (TPSA) is 58.5 Å². The van der Waals surface area contributed by atoms with Gasteiger partial charge in [-0.15, -0.1) is 0 Å². The Morgan fingerprint density at radius 1 is 1.00 bits per heavy atom. The fourth-order valence-corrected chi connectivity index (χ4v) is 3.48. The molecule has 1 saturated heterocycles. The minimum Gasteiger partial charge on any atom is -0.329 e. The number of piperazine rings is 1. The van der Waals surface area contributed by atoms with Crippen molar-refractivity contribution in [3.05, 3.63) is 0 Å². The zero-order chi connectivity index (χ0) is 12.1. The van der Waals surface area contributed by atoms with Crippen LogP contribution in [0, 0.1) is 5.92 Å². The molecule has 2 rings (SSSR count). The number of nitrogens with zero attached hydrogens (tertiary/aromatic N) is 2. The second kappa shape index (κ2) is 6.69. The van der Waals surface area contributed by atoms with Gasteiger partial charge in [0.05, 0.1) is 0 Å². The monoisotopic (exact) mass is 240 g/mol. The van der Waals surface area contributed by atoms with Gasteiger partial charge in [0.2, 0.25) is 0 Å². The predicted octanol–water partition coefficient (Wildman–Crippen LogP) is 0.428. The number of nitrogens with two attached hydrogens (primary N) is 2. The normalized spacial score (nSPS) is 29.6. The van der Waals surface area contributed by atoms with Crippen molar-refractivity contribution in [2.75, 3.05) is 39.4 Å². The third kappa shape index (κ3) is 3.41. The summed E-state index contributed by atoms with van der Waals surface area (Å²) in [7, 11) is 0. The molecule has 1 heterocycles. The highest BCUT2D eigenvalue weighted by atomic mass is 15.3. The van der Waals surface area contributed by atoms with Crippen molar-refractivity contribution in [1.29, 1.82) is 0 Å². The quantitative estimate of drug-likeness (QED) is 0.748. The van der Waals surface area contributed by atoms with E-state index in [1.54, 1.807) is 0 Å². The molecule has 1 aliphatic heterocycles. The third-order valence-electron chi connectivity index (χ3n) is 4.49. The van der Waals surface area contributed by atoms with E-state index in [0.29, 0.717) is 12.7 Å². The molecule has 1 atom stereocenters. The average molecular weight is 240 g/mol. The van der Waals surface area contributed by atoms with E-state index in [1.165, 1.54) is 32.1 Å². The molecule has 0 aromatic heterocycles. The molecule has 2 fully saturated rings. The minimum atomic E-state index is 0.705. The van der Waals surface area contributed by atoms with E-state index >= 15 is 0 Å². The Labute approximate surface area is 105 Å². The molecule has 0 spiro atoms. The highest BCUT2D eigenvalue weighted by Crippen LogP contribution is 2.30. The maximum atomic E-state index is 5.80. The summed E-state index contributed by atoms with van der Waals surface area (Å²) in [6.45, 7) is 5.96. The van der Waals surface area contributed by atoms with Crippen LogP contribution < -0.4 is 11.5 Å². The van der Waals surface area contributed by atoms with Crippen LogP contribution in [0.25, 0.3) is 0 Å². The van der Waals surface area contributed by atoms with Gasteiger partial charge >= 0.3 is 0 Å². The summed E-state index contributed by atoms with van der Waals surface area (Å²) in [5.74, 6) is 0.879. The smallest absolute Gasteiger partial charge is 0.0456 e. The van der Waals surface area contributed by atoms with Crippen molar-refractivity contribution in [2.24, 2.45) is 17.4 Å². The molecule has 4 nitrogen and oxygen atoms in total.